The third-order valence-electron chi connectivity index (χ3n) is 3.77. The van der Waals surface area contributed by atoms with E-state index in [-0.39, 0.29) is 0 Å². The SMILES string of the molecule is C1CCNC1.CC.CC1C=CC(C(C)c2cccs2)=CC1. The Labute approximate surface area is 135 Å². The zero-order chi connectivity index (χ0) is 15.5. The molecule has 1 aliphatic heterocycles. The van der Waals surface area contributed by atoms with E-state index in [2.05, 4.69) is 54.9 Å². The monoisotopic (exact) mass is 305 g/mol. The van der Waals surface area contributed by atoms with Gasteiger partial charge in [-0.1, -0.05) is 52.0 Å². The number of nitrogens with one attached hydrogen (secondary N) is 1. The van der Waals surface area contributed by atoms with Gasteiger partial charge in [-0.25, -0.2) is 0 Å². The molecule has 1 N–H and O–H groups in total. The maximum atomic E-state index is 3.22. The highest BCUT2D eigenvalue weighted by atomic mass is 32.1. The second-order valence-corrected chi connectivity index (χ2v) is 6.45. The quantitative estimate of drug-likeness (QED) is 0.731. The Bertz CT molecular complexity index is 405. The molecule has 2 atom stereocenters. The molecule has 1 nitrogen and oxygen atoms in total. The lowest BCUT2D eigenvalue weighted by atomic mass is 9.91. The minimum atomic E-state index is 0.568. The second kappa shape index (κ2) is 10.8. The zero-order valence-electron chi connectivity index (χ0n) is 14.1. The van der Waals surface area contributed by atoms with Crippen molar-refractivity contribution in [3.05, 3.63) is 46.2 Å². The Morgan fingerprint density at radius 2 is 1.95 bits per heavy atom. The summed E-state index contributed by atoms with van der Waals surface area (Å²) in [5.41, 5.74) is 1.48. The van der Waals surface area contributed by atoms with E-state index in [0.717, 1.165) is 0 Å². The molecule has 0 aromatic carbocycles. The molecule has 21 heavy (non-hydrogen) atoms. The van der Waals surface area contributed by atoms with Gasteiger partial charge in [-0.15, -0.1) is 11.3 Å². The summed E-state index contributed by atoms with van der Waals surface area (Å²) in [4.78, 5) is 1.47. The molecule has 0 saturated carbocycles. The van der Waals surface area contributed by atoms with Crippen LogP contribution in [0.1, 0.15) is 57.8 Å². The number of thiophene rings is 1. The Morgan fingerprint density at radius 3 is 2.38 bits per heavy atom. The molecule has 3 rings (SSSR count). The lowest BCUT2D eigenvalue weighted by molar-refractivity contribution is 0.720. The van der Waals surface area contributed by atoms with Crippen molar-refractivity contribution in [3.8, 4) is 0 Å². The van der Waals surface area contributed by atoms with Crippen LogP contribution in [-0.4, -0.2) is 13.1 Å². The Kier molecular flexibility index (Phi) is 9.36. The maximum Gasteiger partial charge on any atom is 0.0152 e. The fourth-order valence-corrected chi connectivity index (χ4v) is 3.20. The maximum absolute atomic E-state index is 3.22. The fraction of sp³-hybridized carbons (Fsp3) is 0.579. The van der Waals surface area contributed by atoms with Crippen molar-refractivity contribution >= 4 is 11.3 Å². The van der Waals surface area contributed by atoms with Crippen LogP contribution in [-0.2, 0) is 0 Å². The van der Waals surface area contributed by atoms with E-state index in [1.165, 1.54) is 42.8 Å². The molecular formula is C19H31NS. The van der Waals surface area contributed by atoms with Crippen molar-refractivity contribution in [1.29, 1.82) is 0 Å². The second-order valence-electron chi connectivity index (χ2n) is 5.47. The van der Waals surface area contributed by atoms with Crippen molar-refractivity contribution in [1.82, 2.24) is 5.32 Å². The molecule has 1 fully saturated rings. The molecule has 2 aliphatic rings. The summed E-state index contributed by atoms with van der Waals surface area (Å²) in [7, 11) is 0. The molecule has 2 heteroatoms. The predicted molar refractivity (Wildman–Crippen MR) is 97.2 cm³/mol. The lowest BCUT2D eigenvalue weighted by Gasteiger charge is -2.16. The van der Waals surface area contributed by atoms with Gasteiger partial charge in [-0.3, -0.25) is 0 Å². The largest absolute Gasteiger partial charge is 0.317 e. The van der Waals surface area contributed by atoms with Crippen molar-refractivity contribution in [3.63, 3.8) is 0 Å². The van der Waals surface area contributed by atoms with Gasteiger partial charge in [0.2, 0.25) is 0 Å². The first-order valence-electron chi connectivity index (χ1n) is 8.39. The van der Waals surface area contributed by atoms with E-state index in [4.69, 9.17) is 0 Å². The summed E-state index contributed by atoms with van der Waals surface area (Å²) in [6.45, 7) is 11.1. The third-order valence-corrected chi connectivity index (χ3v) is 4.82. The molecule has 1 aromatic rings. The molecule has 1 aromatic heterocycles. The standard InChI is InChI=1S/C13H16S.C4H9N.C2H6/c1-10-5-7-12(8-6-10)11(2)13-4-3-9-14-13;1-2-4-5-3-1;1-2/h3-5,7-11H,6H2,1-2H3;5H,1-4H2;1-2H3. The molecule has 2 unspecified atom stereocenters. The number of rotatable bonds is 2. The third kappa shape index (κ3) is 6.62. The molecule has 1 saturated heterocycles. The zero-order valence-corrected chi connectivity index (χ0v) is 14.9. The number of hydrogen-bond acceptors (Lipinski definition) is 2. The molecule has 0 radical (unpaired) electrons. The summed E-state index contributed by atoms with van der Waals surface area (Å²) in [6, 6.07) is 4.36. The first-order chi connectivity index (χ1) is 10.3. The first kappa shape index (κ1) is 18.2. The smallest absolute Gasteiger partial charge is 0.0152 e. The van der Waals surface area contributed by atoms with Gasteiger partial charge >= 0.3 is 0 Å². The van der Waals surface area contributed by atoms with Gasteiger partial charge in [0.05, 0.1) is 0 Å². The van der Waals surface area contributed by atoms with Gasteiger partial charge in [-0.05, 0) is 55.3 Å². The highest BCUT2D eigenvalue weighted by Gasteiger charge is 2.12. The van der Waals surface area contributed by atoms with Crippen LogP contribution in [0.2, 0.25) is 0 Å². The Hall–Kier alpha value is -0.860. The van der Waals surface area contributed by atoms with E-state index in [0.29, 0.717) is 11.8 Å². The molecule has 0 spiro atoms. The fourth-order valence-electron chi connectivity index (χ4n) is 2.39. The van der Waals surface area contributed by atoms with E-state index in [1.54, 1.807) is 0 Å². The van der Waals surface area contributed by atoms with Crippen LogP contribution in [0.3, 0.4) is 0 Å². The summed E-state index contributed by atoms with van der Waals surface area (Å²) >= 11 is 1.85. The lowest BCUT2D eigenvalue weighted by Crippen LogP contribution is -2.03. The summed E-state index contributed by atoms with van der Waals surface area (Å²) in [5.74, 6) is 1.29. The van der Waals surface area contributed by atoms with Crippen LogP contribution in [0, 0.1) is 5.92 Å². The molecule has 1 aliphatic carbocycles. The van der Waals surface area contributed by atoms with Gasteiger partial charge in [0, 0.05) is 10.8 Å². The highest BCUT2D eigenvalue weighted by Crippen LogP contribution is 2.31. The van der Waals surface area contributed by atoms with Crippen molar-refractivity contribution in [2.45, 2.75) is 52.9 Å². The Morgan fingerprint density at radius 1 is 1.24 bits per heavy atom. The van der Waals surface area contributed by atoms with Crippen molar-refractivity contribution in [2.75, 3.05) is 13.1 Å². The van der Waals surface area contributed by atoms with Gasteiger partial charge in [0.25, 0.3) is 0 Å². The molecule has 0 bridgehead atoms. The van der Waals surface area contributed by atoms with E-state index in [1.807, 2.05) is 25.2 Å². The van der Waals surface area contributed by atoms with Crippen LogP contribution in [0.15, 0.2) is 41.3 Å². The van der Waals surface area contributed by atoms with Gasteiger partial charge in [-0.2, -0.15) is 0 Å². The van der Waals surface area contributed by atoms with Crippen LogP contribution < -0.4 is 5.32 Å². The van der Waals surface area contributed by atoms with Crippen LogP contribution in [0.5, 0.6) is 0 Å². The minimum absolute atomic E-state index is 0.568. The van der Waals surface area contributed by atoms with Gasteiger partial charge < -0.3 is 5.32 Å². The summed E-state index contributed by atoms with van der Waals surface area (Å²) < 4.78 is 0. The molecule has 118 valence electrons. The average molecular weight is 306 g/mol. The highest BCUT2D eigenvalue weighted by molar-refractivity contribution is 7.10. The minimum Gasteiger partial charge on any atom is -0.317 e. The van der Waals surface area contributed by atoms with Crippen LogP contribution in [0.4, 0.5) is 0 Å². The van der Waals surface area contributed by atoms with Gasteiger partial charge in [0.1, 0.15) is 0 Å². The van der Waals surface area contributed by atoms with E-state index in [9.17, 15) is 0 Å². The summed E-state index contributed by atoms with van der Waals surface area (Å²) in [5, 5.41) is 5.38. The summed E-state index contributed by atoms with van der Waals surface area (Å²) in [6.07, 6.45) is 11.0. The topological polar surface area (TPSA) is 12.0 Å². The van der Waals surface area contributed by atoms with Crippen molar-refractivity contribution < 1.29 is 0 Å². The van der Waals surface area contributed by atoms with Crippen LogP contribution in [0.25, 0.3) is 0 Å². The van der Waals surface area contributed by atoms with Crippen LogP contribution >= 0.6 is 11.3 Å². The van der Waals surface area contributed by atoms with E-state index >= 15 is 0 Å². The molecule has 2 heterocycles. The van der Waals surface area contributed by atoms with Gasteiger partial charge in [0.15, 0.2) is 0 Å². The van der Waals surface area contributed by atoms with E-state index < -0.39 is 0 Å². The molecule has 0 amide bonds. The van der Waals surface area contributed by atoms with Crippen molar-refractivity contribution in [2.24, 2.45) is 5.92 Å². The predicted octanol–water partition coefficient (Wildman–Crippen LogP) is 5.77. The average Bonchev–Trinajstić information content (AvgIpc) is 3.25. The number of hydrogen-bond donors (Lipinski definition) is 1. The number of allylic oxidation sites excluding steroid dienone is 4. The Balaban J connectivity index is 0.000000263. The molecular weight excluding hydrogens is 274 g/mol. The first-order valence-corrected chi connectivity index (χ1v) is 9.27. The normalized spacial score (nSPS) is 21.5.